The first-order valence-electron chi connectivity index (χ1n) is 13.6. The summed E-state index contributed by atoms with van der Waals surface area (Å²) in [6, 6.07) is 6.86. The zero-order chi connectivity index (χ0) is 27.9. The highest BCUT2D eigenvalue weighted by Gasteiger charge is 2.29. The van der Waals surface area contributed by atoms with E-state index in [9.17, 15) is 9.59 Å². The lowest BCUT2D eigenvalue weighted by molar-refractivity contribution is -0.134. The summed E-state index contributed by atoms with van der Waals surface area (Å²) >= 11 is 5.88. The average molecular weight is 541 g/mol. The first-order valence-corrected chi connectivity index (χ1v) is 14.0. The molecule has 6 heteroatoms. The van der Waals surface area contributed by atoms with Crippen LogP contribution >= 0.6 is 11.6 Å². The van der Waals surface area contributed by atoms with Crippen molar-refractivity contribution >= 4 is 23.4 Å². The largest absolute Gasteiger partial charge is 0.478 e. The lowest BCUT2D eigenvalue weighted by Gasteiger charge is -2.25. The van der Waals surface area contributed by atoms with Gasteiger partial charge in [-0.25, -0.2) is 0 Å². The van der Waals surface area contributed by atoms with E-state index in [2.05, 4.69) is 72.2 Å². The molecule has 208 valence electrons. The Balaban J connectivity index is 2.05. The molecule has 0 aliphatic heterocycles. The molecule has 0 atom stereocenters. The van der Waals surface area contributed by atoms with E-state index in [1.54, 1.807) is 38.1 Å². The number of benzene rings is 1. The Hall–Kier alpha value is -3.05. The average Bonchev–Trinajstić information content (AvgIpc) is 2.89. The molecule has 0 aliphatic rings. The van der Waals surface area contributed by atoms with Crippen LogP contribution in [0.5, 0.6) is 5.75 Å². The maximum absolute atomic E-state index is 12.4. The number of nitrogens with one attached hydrogen (secondary N) is 2. The van der Waals surface area contributed by atoms with Crippen molar-refractivity contribution in [2.75, 3.05) is 13.1 Å². The molecular weight excluding hydrogens is 496 g/mol. The third-order valence-electron chi connectivity index (χ3n) is 5.39. The van der Waals surface area contributed by atoms with Crippen LogP contribution in [0.2, 0.25) is 5.02 Å². The third-order valence-corrected chi connectivity index (χ3v) is 5.64. The lowest BCUT2D eigenvalue weighted by Crippen LogP contribution is -2.48. The Morgan fingerprint density at radius 3 is 1.87 bits per heavy atom. The van der Waals surface area contributed by atoms with Crippen LogP contribution in [0.3, 0.4) is 0 Å². The van der Waals surface area contributed by atoms with Gasteiger partial charge in [0.1, 0.15) is 5.75 Å². The van der Waals surface area contributed by atoms with Crippen molar-refractivity contribution in [1.29, 1.82) is 0 Å². The fourth-order valence-corrected chi connectivity index (χ4v) is 3.39. The van der Waals surface area contributed by atoms with Crippen LogP contribution in [-0.2, 0) is 9.59 Å². The van der Waals surface area contributed by atoms with Crippen LogP contribution in [0.15, 0.2) is 85.0 Å². The maximum Gasteiger partial charge on any atom is 0.263 e. The van der Waals surface area contributed by atoms with Gasteiger partial charge in [0.15, 0.2) is 5.60 Å². The van der Waals surface area contributed by atoms with Crippen molar-refractivity contribution in [1.82, 2.24) is 10.6 Å². The molecule has 2 amide bonds. The number of hydrogen-bond acceptors (Lipinski definition) is 3. The first kappa shape index (κ1) is 33.0. The summed E-state index contributed by atoms with van der Waals surface area (Å²) in [6.45, 7) is 6.25. The first-order chi connectivity index (χ1) is 18.3. The number of allylic oxidation sites excluding steroid dienone is 10. The maximum atomic E-state index is 12.4. The van der Waals surface area contributed by atoms with Crippen molar-refractivity contribution < 1.29 is 14.3 Å². The third kappa shape index (κ3) is 17.4. The molecule has 0 aromatic heterocycles. The highest BCUT2D eigenvalue weighted by Crippen LogP contribution is 2.20. The minimum atomic E-state index is -1.04. The number of ether oxygens (including phenoxy) is 1. The van der Waals surface area contributed by atoms with Crippen LogP contribution in [0.1, 0.15) is 72.1 Å². The van der Waals surface area contributed by atoms with Crippen molar-refractivity contribution in [3.63, 3.8) is 0 Å². The number of carbonyl (C=O) groups excluding carboxylic acids is 2. The molecule has 0 fully saturated rings. The normalized spacial score (nSPS) is 12.4. The molecule has 0 saturated heterocycles. The summed E-state index contributed by atoms with van der Waals surface area (Å²) in [7, 11) is 0. The highest BCUT2D eigenvalue weighted by atomic mass is 35.5. The van der Waals surface area contributed by atoms with Crippen LogP contribution in [0, 0.1) is 0 Å². The van der Waals surface area contributed by atoms with E-state index in [1.165, 1.54) is 0 Å². The van der Waals surface area contributed by atoms with Gasteiger partial charge in [-0.3, -0.25) is 9.59 Å². The summed E-state index contributed by atoms with van der Waals surface area (Å²) in [4.78, 5) is 24.4. The monoisotopic (exact) mass is 540 g/mol. The van der Waals surface area contributed by atoms with Gasteiger partial charge in [0.05, 0.1) is 0 Å². The molecule has 0 bridgehead atoms. The summed E-state index contributed by atoms with van der Waals surface area (Å²) < 4.78 is 5.76. The second kappa shape index (κ2) is 20.9. The Kier molecular flexibility index (Phi) is 18.2. The molecule has 38 heavy (non-hydrogen) atoms. The second-order valence-corrected chi connectivity index (χ2v) is 9.70. The number of unbranched alkanes of at least 4 members (excludes halogenated alkanes) is 1. The van der Waals surface area contributed by atoms with Crippen molar-refractivity contribution in [2.45, 2.75) is 77.7 Å². The topological polar surface area (TPSA) is 67.4 Å². The summed E-state index contributed by atoms with van der Waals surface area (Å²) in [5.41, 5.74) is -1.04. The fourth-order valence-electron chi connectivity index (χ4n) is 3.26. The minimum Gasteiger partial charge on any atom is -0.478 e. The van der Waals surface area contributed by atoms with Gasteiger partial charge in [-0.1, -0.05) is 79.3 Å². The molecule has 1 aromatic carbocycles. The standard InChI is InChI=1S/C32H45ClN2O3/c1-4-5-6-7-8-9-10-11-12-13-14-15-16-17-18-19-20-21-30(36)34-26-27-35-31(37)32(2,3)38-29-24-22-28(33)23-25-29/h5-6,8-9,11-12,14-15,18-19,22-25H,4,7,10,13,16-17,20-21,26-27H2,1-3H3,(H,34,36)(H,35,37). The van der Waals surface area contributed by atoms with Gasteiger partial charge in [0.2, 0.25) is 5.91 Å². The Morgan fingerprint density at radius 2 is 1.26 bits per heavy atom. The summed E-state index contributed by atoms with van der Waals surface area (Å²) in [6.07, 6.45) is 28.9. The van der Waals surface area contributed by atoms with Crippen LogP contribution in [0.25, 0.3) is 0 Å². The van der Waals surface area contributed by atoms with Gasteiger partial charge in [-0.2, -0.15) is 0 Å². The minimum absolute atomic E-state index is 0.0282. The predicted octanol–water partition coefficient (Wildman–Crippen LogP) is 7.65. The molecule has 1 rings (SSSR count). The molecule has 1 aromatic rings. The predicted molar refractivity (Wildman–Crippen MR) is 160 cm³/mol. The van der Waals surface area contributed by atoms with Gasteiger partial charge in [0, 0.05) is 24.5 Å². The Bertz CT molecular complexity index is 944. The summed E-state index contributed by atoms with van der Waals surface area (Å²) in [5, 5.41) is 6.24. The van der Waals surface area contributed by atoms with E-state index in [4.69, 9.17) is 16.3 Å². The SMILES string of the molecule is CCC=CCC=CCC=CCC=CCCC=CCCC(=O)NCCNC(=O)C(C)(C)Oc1ccc(Cl)cc1. The lowest BCUT2D eigenvalue weighted by atomic mass is 10.1. The Morgan fingerprint density at radius 1 is 0.763 bits per heavy atom. The zero-order valence-electron chi connectivity index (χ0n) is 23.3. The molecule has 0 spiro atoms. The van der Waals surface area contributed by atoms with Crippen LogP contribution in [0.4, 0.5) is 0 Å². The smallest absolute Gasteiger partial charge is 0.263 e. The van der Waals surface area contributed by atoms with E-state index < -0.39 is 5.60 Å². The fraction of sp³-hybridized carbons (Fsp3) is 0.438. The molecular formula is C32H45ClN2O3. The molecule has 2 N–H and O–H groups in total. The van der Waals surface area contributed by atoms with Crippen molar-refractivity contribution in [3.8, 4) is 5.75 Å². The van der Waals surface area contributed by atoms with Crippen LogP contribution in [-0.4, -0.2) is 30.5 Å². The summed E-state index contributed by atoms with van der Waals surface area (Å²) in [5.74, 6) is 0.284. The van der Waals surface area contributed by atoms with Gasteiger partial charge < -0.3 is 15.4 Å². The van der Waals surface area contributed by atoms with Crippen LogP contribution < -0.4 is 15.4 Å². The molecule has 5 nitrogen and oxygen atoms in total. The quantitative estimate of drug-likeness (QED) is 0.140. The molecule has 0 radical (unpaired) electrons. The van der Waals surface area contributed by atoms with E-state index in [1.807, 2.05) is 6.08 Å². The molecule has 0 saturated carbocycles. The number of halogens is 1. The molecule has 0 unspecified atom stereocenters. The van der Waals surface area contributed by atoms with E-state index in [-0.39, 0.29) is 11.8 Å². The van der Waals surface area contributed by atoms with Gasteiger partial charge in [0.25, 0.3) is 5.91 Å². The highest BCUT2D eigenvalue weighted by molar-refractivity contribution is 6.30. The molecule has 0 aliphatic carbocycles. The van der Waals surface area contributed by atoms with E-state index in [0.717, 1.165) is 38.5 Å². The molecule has 0 heterocycles. The number of hydrogen-bond donors (Lipinski definition) is 2. The second-order valence-electron chi connectivity index (χ2n) is 9.26. The van der Waals surface area contributed by atoms with E-state index >= 15 is 0 Å². The number of rotatable bonds is 19. The van der Waals surface area contributed by atoms with Crippen molar-refractivity contribution in [3.05, 3.63) is 90.0 Å². The van der Waals surface area contributed by atoms with Gasteiger partial charge >= 0.3 is 0 Å². The van der Waals surface area contributed by atoms with Crippen molar-refractivity contribution in [2.24, 2.45) is 0 Å². The number of carbonyl (C=O) groups is 2. The zero-order valence-corrected chi connectivity index (χ0v) is 24.0. The van der Waals surface area contributed by atoms with Gasteiger partial charge in [-0.15, -0.1) is 0 Å². The Labute approximate surface area is 234 Å². The van der Waals surface area contributed by atoms with E-state index in [0.29, 0.717) is 36.7 Å². The van der Waals surface area contributed by atoms with Gasteiger partial charge in [-0.05, 0) is 83.1 Å². The number of amides is 2.